The van der Waals surface area contributed by atoms with E-state index in [0.717, 1.165) is 65.8 Å². The van der Waals surface area contributed by atoms with Crippen molar-refractivity contribution in [2.75, 3.05) is 0 Å². The molecule has 16 heteroatoms. The maximum Gasteiger partial charge on any atom is 0.367 e. The number of Topliss-reactive ketones (excluding diaryl/α,β-unsaturated/α-hetero) is 4. The second-order valence-electron chi connectivity index (χ2n) is 24.8. The van der Waals surface area contributed by atoms with Crippen LogP contribution in [0, 0.1) is 0 Å². The Bertz CT molecular complexity index is 5170. The molecule has 0 saturated carbocycles. The topological polar surface area (TPSA) is 192 Å². The van der Waals surface area contributed by atoms with E-state index in [-0.39, 0.29) is 113 Å². The first-order valence-electron chi connectivity index (χ1n) is 32.0. The third kappa shape index (κ3) is 10.3. The van der Waals surface area contributed by atoms with Crippen molar-refractivity contribution in [3.63, 3.8) is 0 Å². The van der Waals surface area contributed by atoms with Gasteiger partial charge in [-0.1, -0.05) is 170 Å². The van der Waals surface area contributed by atoms with Crippen molar-refractivity contribution >= 4 is 125 Å². The fourth-order valence-electron chi connectivity index (χ4n) is 13.6. The third-order valence-corrected chi connectivity index (χ3v) is 20.8. The number of ketones is 4. The lowest BCUT2D eigenvalue weighted by Crippen LogP contribution is -2.52. The molecule has 0 saturated heterocycles. The Morgan fingerprint density at radius 1 is 0.310 bits per heavy atom. The Labute approximate surface area is 577 Å². The zero-order valence-electron chi connectivity index (χ0n) is 52.6. The van der Waals surface area contributed by atoms with Crippen LogP contribution in [0.25, 0.3) is 76.1 Å². The summed E-state index contributed by atoms with van der Waals surface area (Å²) in [6.07, 6.45) is 2.84. The van der Waals surface area contributed by atoms with Gasteiger partial charge in [-0.3, -0.25) is 19.2 Å². The van der Waals surface area contributed by atoms with Crippen molar-refractivity contribution in [3.05, 3.63) is 319 Å². The SMILES string of the molecule is O=C1C(=Cc2cc3c(s2)-c2cc4c(cc2OC3(C(=O)OCc2ccccc2)C(=O)OCc2ccccc2)-c2sc(C=C3C(=O)c5cc6cc7ccccc7cc6cc5C3=O)cc2C(C(=O)OCc2ccccc2)(C(=O)OCc2ccccc2)O4)C(=O)c2cc3cc4ccccc4cc3cc21. The molecule has 17 rings (SSSR count). The van der Waals surface area contributed by atoms with Gasteiger partial charge in [-0.05, 0) is 150 Å². The average molecular weight is 1350 g/mol. The zero-order chi connectivity index (χ0) is 68.0. The van der Waals surface area contributed by atoms with Gasteiger partial charge in [0, 0.05) is 64.0 Å². The van der Waals surface area contributed by atoms with Crippen LogP contribution in [-0.4, -0.2) is 47.0 Å². The van der Waals surface area contributed by atoms with E-state index in [0.29, 0.717) is 22.3 Å². The molecule has 4 aliphatic rings. The van der Waals surface area contributed by atoms with Crippen LogP contribution in [0.3, 0.4) is 0 Å². The summed E-state index contributed by atoms with van der Waals surface area (Å²) in [5, 5.41) is 6.84. The second kappa shape index (κ2) is 24.2. The lowest BCUT2D eigenvalue weighted by atomic mass is 9.85. The molecule has 0 unspecified atom stereocenters. The van der Waals surface area contributed by atoms with Crippen LogP contribution >= 0.6 is 22.7 Å². The van der Waals surface area contributed by atoms with Crippen molar-refractivity contribution < 1.29 is 66.8 Å². The standard InChI is InChI=1S/C84H50O14S2/c85-73-61-33-55-29-51-25-13-14-26-52(51)30-56(55)34-62(61)74(86)67(73)37-59-39-69-77(99-59)65-42-72-66(41-71(65)97-83(69,79(89)93-43-47-17-5-1-6-18-47)80(90)94-44-48-19-7-2-8-20-48)78-70(84(98-72,81(91)95-45-49-21-9-3-10-22-49)82(92)96-46-50-23-11-4-12-24-50)40-60(100-78)38-68-75(87)63-35-57-31-53-27-15-16-28-54(53)32-58(57)36-64(63)76(68)88/h1-42H,43-46H2. The molecule has 0 bridgehead atoms. The number of carbonyl (C=O) groups is 8. The summed E-state index contributed by atoms with van der Waals surface area (Å²) in [4.78, 5) is 122. The summed E-state index contributed by atoms with van der Waals surface area (Å²) in [6, 6.07) is 71.6. The Morgan fingerprint density at radius 3 is 0.840 bits per heavy atom. The second-order valence-corrected chi connectivity index (χ2v) is 26.9. The summed E-state index contributed by atoms with van der Waals surface area (Å²) in [5.41, 5.74) is -2.61. The molecule has 0 atom stereocenters. The Morgan fingerprint density at radius 2 is 0.570 bits per heavy atom. The maximum absolute atomic E-state index is 15.6. The van der Waals surface area contributed by atoms with E-state index in [2.05, 4.69) is 0 Å². The molecule has 2 aromatic heterocycles. The highest BCUT2D eigenvalue weighted by atomic mass is 32.1. The number of hydrogen-bond acceptors (Lipinski definition) is 16. The van der Waals surface area contributed by atoms with E-state index < -0.39 is 58.2 Å². The molecule has 0 radical (unpaired) electrons. The minimum atomic E-state index is -2.77. The number of carbonyl (C=O) groups excluding carboxylic acids is 8. The van der Waals surface area contributed by atoms with Crippen LogP contribution in [0.1, 0.15) is 84.6 Å². The minimum Gasteiger partial charge on any atom is -0.459 e. The average Bonchev–Trinajstić information content (AvgIpc) is 1.36. The Balaban J connectivity index is 0.848. The molecular formula is C84H50O14S2. The molecule has 4 heterocycles. The van der Waals surface area contributed by atoms with Crippen molar-refractivity contribution in [3.8, 4) is 32.4 Å². The molecule has 11 aromatic carbocycles. The molecule has 100 heavy (non-hydrogen) atoms. The van der Waals surface area contributed by atoms with Crippen LogP contribution in [0.15, 0.2) is 254 Å². The van der Waals surface area contributed by atoms with E-state index in [1.165, 1.54) is 36.4 Å². The van der Waals surface area contributed by atoms with E-state index in [4.69, 9.17) is 28.4 Å². The first-order valence-corrected chi connectivity index (χ1v) is 33.7. The van der Waals surface area contributed by atoms with E-state index >= 15 is 19.2 Å². The first-order chi connectivity index (χ1) is 48.8. The van der Waals surface area contributed by atoms with Crippen LogP contribution in [0.5, 0.6) is 11.5 Å². The van der Waals surface area contributed by atoms with Crippen LogP contribution in [-0.2, 0) is 75.8 Å². The predicted octanol–water partition coefficient (Wildman–Crippen LogP) is 16.8. The Hall–Kier alpha value is -12.5. The van der Waals surface area contributed by atoms with Gasteiger partial charge in [0.05, 0.1) is 11.1 Å². The van der Waals surface area contributed by atoms with Crippen molar-refractivity contribution in [2.24, 2.45) is 0 Å². The zero-order valence-corrected chi connectivity index (χ0v) is 54.2. The number of allylic oxidation sites excluding steroid dienone is 2. The van der Waals surface area contributed by atoms with Gasteiger partial charge >= 0.3 is 35.1 Å². The van der Waals surface area contributed by atoms with Gasteiger partial charge < -0.3 is 28.4 Å². The number of benzene rings is 11. The number of thiophene rings is 2. The fourth-order valence-corrected chi connectivity index (χ4v) is 15.9. The lowest BCUT2D eigenvalue weighted by Gasteiger charge is -2.37. The summed E-state index contributed by atoms with van der Waals surface area (Å²) in [7, 11) is 0. The van der Waals surface area contributed by atoms with Gasteiger partial charge in [-0.25, -0.2) is 19.2 Å². The van der Waals surface area contributed by atoms with Gasteiger partial charge in [-0.2, -0.15) is 0 Å². The molecule has 0 spiro atoms. The number of fused-ring (bicyclic) bond motifs is 12. The summed E-state index contributed by atoms with van der Waals surface area (Å²) < 4.78 is 38.6. The van der Waals surface area contributed by atoms with Gasteiger partial charge in [0.2, 0.25) is 0 Å². The molecule has 2 aliphatic heterocycles. The predicted molar refractivity (Wildman–Crippen MR) is 379 cm³/mol. The molecular weight excluding hydrogens is 1300 g/mol. The third-order valence-electron chi connectivity index (χ3n) is 18.6. The summed E-state index contributed by atoms with van der Waals surface area (Å²) in [5.74, 6) is -7.07. The number of ether oxygens (including phenoxy) is 6. The molecule has 14 nitrogen and oxygen atoms in total. The van der Waals surface area contributed by atoms with Crippen molar-refractivity contribution in [1.29, 1.82) is 0 Å². The van der Waals surface area contributed by atoms with Gasteiger partial charge in [-0.15, -0.1) is 22.7 Å². The lowest BCUT2D eigenvalue weighted by molar-refractivity contribution is -0.185. The van der Waals surface area contributed by atoms with E-state index in [9.17, 15) is 19.2 Å². The quantitative estimate of drug-likeness (QED) is 0.0249. The van der Waals surface area contributed by atoms with E-state index in [1.807, 2.05) is 72.8 Å². The highest BCUT2D eigenvalue weighted by molar-refractivity contribution is 7.17. The molecule has 13 aromatic rings. The van der Waals surface area contributed by atoms with Gasteiger partial charge in [0.1, 0.15) is 37.9 Å². The van der Waals surface area contributed by atoms with Gasteiger partial charge in [0.25, 0.3) is 0 Å². The largest absolute Gasteiger partial charge is 0.459 e. The number of rotatable bonds is 14. The maximum atomic E-state index is 15.6. The fraction of sp³-hybridized carbons (Fsp3) is 0.0714. The molecule has 0 fully saturated rings. The number of hydrogen-bond donors (Lipinski definition) is 0. The van der Waals surface area contributed by atoms with Crippen LogP contribution in [0.4, 0.5) is 0 Å². The van der Waals surface area contributed by atoms with E-state index in [1.54, 1.807) is 146 Å². The molecule has 0 amide bonds. The Kier molecular flexibility index (Phi) is 14.8. The monoisotopic (exact) mass is 1350 g/mol. The smallest absolute Gasteiger partial charge is 0.367 e. The molecule has 2 aliphatic carbocycles. The van der Waals surface area contributed by atoms with Crippen molar-refractivity contribution in [2.45, 2.75) is 37.6 Å². The number of esters is 4. The highest BCUT2D eigenvalue weighted by Gasteiger charge is 2.61. The highest BCUT2D eigenvalue weighted by Crippen LogP contribution is 2.58. The van der Waals surface area contributed by atoms with Crippen molar-refractivity contribution in [1.82, 2.24) is 0 Å². The van der Waals surface area contributed by atoms with Gasteiger partial charge in [0.15, 0.2) is 23.1 Å². The first kappa shape index (κ1) is 61.1. The summed E-state index contributed by atoms with van der Waals surface area (Å²) >= 11 is 2.02. The van der Waals surface area contributed by atoms with Crippen LogP contribution < -0.4 is 9.47 Å². The minimum absolute atomic E-state index is 0.0915. The summed E-state index contributed by atoms with van der Waals surface area (Å²) in [6.45, 7) is -1.25. The molecule has 0 N–H and O–H groups in total. The normalized spacial score (nSPS) is 14.3. The molecule has 482 valence electrons. The van der Waals surface area contributed by atoms with Crippen LogP contribution in [0.2, 0.25) is 0 Å².